The molecule has 32 heavy (non-hydrogen) atoms. The number of carbonyl (C=O) groups excluding carboxylic acids is 2. The van der Waals surface area contributed by atoms with Gasteiger partial charge in [-0.25, -0.2) is 9.59 Å². The molecule has 0 aliphatic heterocycles. The van der Waals surface area contributed by atoms with E-state index in [0.29, 0.717) is 27.5 Å². The Hall–Kier alpha value is -3.91. The normalized spacial score (nSPS) is 10.7. The molecule has 3 rings (SSSR count). The van der Waals surface area contributed by atoms with E-state index in [4.69, 9.17) is 19.3 Å². The number of thiophene rings is 1. The lowest BCUT2D eigenvalue weighted by Crippen LogP contribution is -1.99. The van der Waals surface area contributed by atoms with Crippen molar-refractivity contribution in [2.75, 3.05) is 21.3 Å². The second-order valence-corrected chi connectivity index (χ2v) is 7.61. The second kappa shape index (κ2) is 9.93. The molecular weight excluding hydrogens is 432 g/mol. The van der Waals surface area contributed by atoms with Gasteiger partial charge in [-0.1, -0.05) is 12.1 Å². The summed E-state index contributed by atoms with van der Waals surface area (Å²) in [5.74, 6) is -0.716. The van der Waals surface area contributed by atoms with Gasteiger partial charge in [0.25, 0.3) is 0 Å². The number of rotatable bonds is 8. The van der Waals surface area contributed by atoms with Crippen LogP contribution in [0.2, 0.25) is 0 Å². The van der Waals surface area contributed by atoms with Gasteiger partial charge in [-0.3, -0.25) is 4.79 Å². The number of carboxylic acid groups (broad SMARTS) is 1. The van der Waals surface area contributed by atoms with E-state index in [9.17, 15) is 14.4 Å². The van der Waals surface area contributed by atoms with Gasteiger partial charge in [0.2, 0.25) is 0 Å². The number of hydrogen-bond acceptors (Lipinski definition) is 7. The molecule has 0 fully saturated rings. The average Bonchev–Trinajstić information content (AvgIpc) is 3.31. The molecule has 0 atom stereocenters. The van der Waals surface area contributed by atoms with Gasteiger partial charge in [-0.15, -0.1) is 11.3 Å². The molecule has 8 heteroatoms. The van der Waals surface area contributed by atoms with Gasteiger partial charge >= 0.3 is 11.9 Å². The molecule has 0 saturated carbocycles. The number of carbonyl (C=O) groups is 3. The van der Waals surface area contributed by atoms with Crippen molar-refractivity contribution in [3.05, 3.63) is 76.2 Å². The molecule has 0 spiro atoms. The Balaban J connectivity index is 1.95. The molecule has 2 aromatic carbocycles. The Kier molecular flexibility index (Phi) is 7.07. The van der Waals surface area contributed by atoms with E-state index in [-0.39, 0.29) is 11.3 Å². The maximum Gasteiger partial charge on any atom is 0.348 e. The largest absolute Gasteiger partial charge is 0.496 e. The molecule has 0 bridgehead atoms. The van der Waals surface area contributed by atoms with Gasteiger partial charge in [0, 0.05) is 27.6 Å². The summed E-state index contributed by atoms with van der Waals surface area (Å²) in [6, 6.07) is 12.7. The van der Waals surface area contributed by atoms with Gasteiger partial charge in [-0.2, -0.15) is 0 Å². The monoisotopic (exact) mass is 452 g/mol. The maximum atomic E-state index is 12.5. The highest BCUT2D eigenvalue weighted by molar-refractivity contribution is 7.17. The first-order chi connectivity index (χ1) is 15.4. The predicted octanol–water partition coefficient (Wildman–Crippen LogP) is 4.81. The standard InChI is InChI=1S/C24H20O7S/c1-29-19-13-20(30-2)17(21-10-11-22(32-21)24(28)31-3)12-16(19)8-9-18(25)14-4-6-15(7-5-14)23(26)27/h4-13H,1-3H3,(H,26,27)/b9-8+. The number of esters is 1. The van der Waals surface area contributed by atoms with E-state index < -0.39 is 11.9 Å². The first kappa shape index (κ1) is 22.8. The molecule has 3 aromatic rings. The van der Waals surface area contributed by atoms with Crippen LogP contribution in [0.3, 0.4) is 0 Å². The third-order valence-corrected chi connectivity index (χ3v) is 5.74. The molecule has 0 amide bonds. The predicted molar refractivity (Wildman–Crippen MR) is 121 cm³/mol. The Bertz CT molecular complexity index is 1190. The third kappa shape index (κ3) is 4.87. The highest BCUT2D eigenvalue weighted by Crippen LogP contribution is 2.40. The Morgan fingerprint density at radius 2 is 1.53 bits per heavy atom. The molecule has 1 heterocycles. The topological polar surface area (TPSA) is 99.1 Å². The van der Waals surface area contributed by atoms with Crippen LogP contribution in [-0.4, -0.2) is 44.2 Å². The number of ketones is 1. The lowest BCUT2D eigenvalue weighted by Gasteiger charge is -2.12. The lowest BCUT2D eigenvalue weighted by atomic mass is 10.0. The molecule has 1 N–H and O–H groups in total. The van der Waals surface area contributed by atoms with Crippen molar-refractivity contribution in [3.8, 4) is 21.9 Å². The molecule has 1 aromatic heterocycles. The van der Waals surface area contributed by atoms with Crippen molar-refractivity contribution in [3.63, 3.8) is 0 Å². The maximum absolute atomic E-state index is 12.5. The summed E-state index contributed by atoms with van der Waals surface area (Å²) in [5.41, 5.74) is 1.83. The van der Waals surface area contributed by atoms with Gasteiger partial charge in [-0.05, 0) is 42.5 Å². The van der Waals surface area contributed by atoms with Crippen LogP contribution in [0.4, 0.5) is 0 Å². The van der Waals surface area contributed by atoms with Gasteiger partial charge in [0.15, 0.2) is 5.78 Å². The molecule has 0 unspecified atom stereocenters. The quantitative estimate of drug-likeness (QED) is 0.297. The summed E-state index contributed by atoms with van der Waals surface area (Å²) < 4.78 is 15.7. The fraction of sp³-hybridized carbons (Fsp3) is 0.125. The Labute approximate surface area is 188 Å². The smallest absolute Gasteiger partial charge is 0.348 e. The van der Waals surface area contributed by atoms with Crippen LogP contribution in [0.1, 0.15) is 36.0 Å². The zero-order chi connectivity index (χ0) is 23.3. The number of hydrogen-bond donors (Lipinski definition) is 1. The zero-order valence-corrected chi connectivity index (χ0v) is 18.4. The summed E-state index contributed by atoms with van der Waals surface area (Å²) in [7, 11) is 4.37. The van der Waals surface area contributed by atoms with Crippen molar-refractivity contribution in [2.45, 2.75) is 0 Å². The van der Waals surface area contributed by atoms with Crippen LogP contribution in [0, 0.1) is 0 Å². The minimum Gasteiger partial charge on any atom is -0.496 e. The molecule has 164 valence electrons. The van der Waals surface area contributed by atoms with Crippen LogP contribution in [0.15, 0.2) is 54.6 Å². The first-order valence-corrected chi connectivity index (χ1v) is 10.2. The van der Waals surface area contributed by atoms with Crippen LogP contribution in [0.25, 0.3) is 16.5 Å². The van der Waals surface area contributed by atoms with E-state index in [0.717, 1.165) is 10.4 Å². The average molecular weight is 452 g/mol. The third-order valence-electron chi connectivity index (χ3n) is 4.64. The van der Waals surface area contributed by atoms with Crippen molar-refractivity contribution in [2.24, 2.45) is 0 Å². The summed E-state index contributed by atoms with van der Waals surface area (Å²) in [6.45, 7) is 0. The molecule has 7 nitrogen and oxygen atoms in total. The summed E-state index contributed by atoms with van der Waals surface area (Å²) in [4.78, 5) is 36.6. The SMILES string of the molecule is COC(=O)c1ccc(-c2cc(/C=C/C(=O)c3ccc(C(=O)O)cc3)c(OC)cc2OC)s1. The van der Waals surface area contributed by atoms with E-state index in [1.54, 1.807) is 24.3 Å². The van der Waals surface area contributed by atoms with E-state index in [2.05, 4.69) is 0 Å². The number of aromatic carboxylic acids is 1. The van der Waals surface area contributed by atoms with Crippen LogP contribution in [-0.2, 0) is 4.74 Å². The summed E-state index contributed by atoms with van der Waals surface area (Å²) >= 11 is 1.26. The van der Waals surface area contributed by atoms with E-state index in [1.165, 1.54) is 63.0 Å². The fourth-order valence-electron chi connectivity index (χ4n) is 2.98. The summed E-state index contributed by atoms with van der Waals surface area (Å²) in [6.07, 6.45) is 3.00. The number of benzene rings is 2. The lowest BCUT2D eigenvalue weighted by molar-refractivity contribution is 0.0605. The van der Waals surface area contributed by atoms with E-state index >= 15 is 0 Å². The highest BCUT2D eigenvalue weighted by Gasteiger charge is 2.16. The fourth-order valence-corrected chi connectivity index (χ4v) is 3.92. The van der Waals surface area contributed by atoms with Gasteiger partial charge in [0.05, 0.1) is 26.9 Å². The van der Waals surface area contributed by atoms with E-state index in [1.807, 2.05) is 6.07 Å². The van der Waals surface area contributed by atoms with Crippen molar-refractivity contribution >= 4 is 35.1 Å². The van der Waals surface area contributed by atoms with Gasteiger partial charge < -0.3 is 19.3 Å². The van der Waals surface area contributed by atoms with Crippen molar-refractivity contribution in [1.29, 1.82) is 0 Å². The Morgan fingerprint density at radius 3 is 2.12 bits per heavy atom. The van der Waals surface area contributed by atoms with Crippen LogP contribution in [0.5, 0.6) is 11.5 Å². The zero-order valence-electron chi connectivity index (χ0n) is 17.6. The molecular formula is C24H20O7S. The van der Waals surface area contributed by atoms with Gasteiger partial charge in [0.1, 0.15) is 16.4 Å². The number of methoxy groups -OCH3 is 3. The van der Waals surface area contributed by atoms with Crippen molar-refractivity contribution in [1.82, 2.24) is 0 Å². The highest BCUT2D eigenvalue weighted by atomic mass is 32.1. The first-order valence-electron chi connectivity index (χ1n) is 9.38. The number of allylic oxidation sites excluding steroid dienone is 1. The Morgan fingerprint density at radius 1 is 0.875 bits per heavy atom. The minimum absolute atomic E-state index is 0.106. The van der Waals surface area contributed by atoms with Crippen molar-refractivity contribution < 1.29 is 33.7 Å². The summed E-state index contributed by atoms with van der Waals surface area (Å²) in [5, 5.41) is 8.98. The minimum atomic E-state index is -1.06. The van der Waals surface area contributed by atoms with Crippen LogP contribution < -0.4 is 9.47 Å². The molecule has 0 saturated heterocycles. The molecule has 0 aliphatic carbocycles. The number of carboxylic acids is 1. The van der Waals surface area contributed by atoms with Crippen LogP contribution >= 0.6 is 11.3 Å². The molecule has 0 radical (unpaired) electrons. The number of ether oxygens (including phenoxy) is 3. The molecule has 0 aliphatic rings. The second-order valence-electron chi connectivity index (χ2n) is 6.53.